The van der Waals surface area contributed by atoms with Crippen LogP contribution < -0.4 is 5.73 Å². The molecule has 0 spiro atoms. The zero-order valence-corrected chi connectivity index (χ0v) is 10.7. The molecule has 1 atom stereocenters. The van der Waals surface area contributed by atoms with Crippen LogP contribution in [0.15, 0.2) is 41.8 Å². The molecule has 16 heavy (non-hydrogen) atoms. The molecule has 0 fully saturated rings. The highest BCUT2D eigenvalue weighted by Crippen LogP contribution is 2.17. The van der Waals surface area contributed by atoms with Crippen molar-refractivity contribution in [3.63, 3.8) is 0 Å². The van der Waals surface area contributed by atoms with E-state index in [-0.39, 0.29) is 18.4 Å². The third kappa shape index (κ3) is 3.96. The summed E-state index contributed by atoms with van der Waals surface area (Å²) in [5.74, 6) is 0. The molecule has 0 radical (unpaired) electrons. The highest BCUT2D eigenvalue weighted by atomic mass is 35.5. The summed E-state index contributed by atoms with van der Waals surface area (Å²) in [7, 11) is -3.12. The summed E-state index contributed by atoms with van der Waals surface area (Å²) in [6.07, 6.45) is 3.61. The Labute approximate surface area is 103 Å². The second-order valence-corrected chi connectivity index (χ2v) is 5.49. The van der Waals surface area contributed by atoms with E-state index >= 15 is 0 Å². The van der Waals surface area contributed by atoms with Crippen LogP contribution in [0.25, 0.3) is 0 Å². The van der Waals surface area contributed by atoms with E-state index in [4.69, 9.17) is 5.73 Å². The highest BCUT2D eigenvalue weighted by molar-refractivity contribution is 7.90. The molecule has 1 aromatic carbocycles. The van der Waals surface area contributed by atoms with Crippen molar-refractivity contribution in [1.82, 2.24) is 0 Å². The molecule has 5 heteroatoms. The minimum atomic E-state index is -3.12. The first-order chi connectivity index (χ1) is 6.95. The molecule has 0 aliphatic carbocycles. The number of hydrogen-bond donors (Lipinski definition) is 1. The number of hydrogen-bond acceptors (Lipinski definition) is 3. The summed E-state index contributed by atoms with van der Waals surface area (Å²) in [5, 5.41) is 0. The monoisotopic (exact) mass is 261 g/mol. The molecule has 0 amide bonds. The van der Waals surface area contributed by atoms with E-state index in [9.17, 15) is 8.42 Å². The fraction of sp³-hybridized carbons (Fsp3) is 0.273. The van der Waals surface area contributed by atoms with Gasteiger partial charge in [-0.1, -0.05) is 18.2 Å². The molecule has 1 rings (SSSR count). The number of nitrogens with two attached hydrogens (primary N) is 1. The maximum Gasteiger partial charge on any atom is 0.175 e. The van der Waals surface area contributed by atoms with Gasteiger partial charge in [0, 0.05) is 12.3 Å². The van der Waals surface area contributed by atoms with Crippen LogP contribution in [0.3, 0.4) is 0 Å². The lowest BCUT2D eigenvalue weighted by Crippen LogP contribution is -2.09. The predicted molar refractivity (Wildman–Crippen MR) is 68.5 cm³/mol. The second kappa shape index (κ2) is 6.03. The first-order valence-corrected chi connectivity index (χ1v) is 6.51. The lowest BCUT2D eigenvalue weighted by molar-refractivity contribution is 0.601. The zero-order valence-electron chi connectivity index (χ0n) is 9.09. The van der Waals surface area contributed by atoms with Crippen LogP contribution in [-0.2, 0) is 9.84 Å². The van der Waals surface area contributed by atoms with Crippen molar-refractivity contribution in [2.24, 2.45) is 5.73 Å². The van der Waals surface area contributed by atoms with Gasteiger partial charge in [0.1, 0.15) is 0 Å². The first kappa shape index (κ1) is 15.2. The molecule has 1 aromatic rings. The highest BCUT2D eigenvalue weighted by Gasteiger charge is 2.08. The zero-order chi connectivity index (χ0) is 11.5. The Bertz CT molecular complexity index is 440. The molecule has 0 saturated carbocycles. The molecule has 2 N–H and O–H groups in total. The van der Waals surface area contributed by atoms with Gasteiger partial charge in [0.15, 0.2) is 9.84 Å². The van der Waals surface area contributed by atoms with Crippen molar-refractivity contribution in [2.45, 2.75) is 17.4 Å². The quantitative estimate of drug-likeness (QED) is 0.845. The SMILES string of the molecule is C=CC[C@H](N)c1ccc(S(C)(=O)=O)cc1.Cl. The Morgan fingerprint density at radius 2 is 1.88 bits per heavy atom. The van der Waals surface area contributed by atoms with Crippen LogP contribution >= 0.6 is 12.4 Å². The van der Waals surface area contributed by atoms with Gasteiger partial charge in [0.2, 0.25) is 0 Å². The molecule has 0 aromatic heterocycles. The Kier molecular flexibility index (Phi) is 5.72. The molecule has 0 unspecified atom stereocenters. The molecule has 90 valence electrons. The first-order valence-electron chi connectivity index (χ1n) is 4.61. The van der Waals surface area contributed by atoms with Gasteiger partial charge in [0.05, 0.1) is 4.90 Å². The van der Waals surface area contributed by atoms with E-state index in [1.807, 2.05) is 0 Å². The van der Waals surface area contributed by atoms with Crippen LogP contribution in [0.4, 0.5) is 0 Å². The van der Waals surface area contributed by atoms with E-state index < -0.39 is 9.84 Å². The van der Waals surface area contributed by atoms with Crippen LogP contribution in [-0.4, -0.2) is 14.7 Å². The Morgan fingerprint density at radius 1 is 1.38 bits per heavy atom. The molecule has 0 bridgehead atoms. The third-order valence-corrected chi connectivity index (χ3v) is 3.29. The maximum absolute atomic E-state index is 11.2. The molecule has 0 aliphatic heterocycles. The molecular formula is C11H16ClNO2S. The minimum Gasteiger partial charge on any atom is -0.324 e. The smallest absolute Gasteiger partial charge is 0.175 e. The summed E-state index contributed by atoms with van der Waals surface area (Å²) in [4.78, 5) is 0.317. The summed E-state index contributed by atoms with van der Waals surface area (Å²) in [6.45, 7) is 3.61. The van der Waals surface area contributed by atoms with Crippen molar-refractivity contribution in [3.8, 4) is 0 Å². The normalized spacial score (nSPS) is 12.6. The summed E-state index contributed by atoms with van der Waals surface area (Å²) >= 11 is 0. The number of sulfone groups is 1. The van der Waals surface area contributed by atoms with Crippen molar-refractivity contribution >= 4 is 22.2 Å². The molecule has 3 nitrogen and oxygen atoms in total. The molecule has 0 heterocycles. The Hall–Kier alpha value is -0.840. The van der Waals surface area contributed by atoms with E-state index in [1.54, 1.807) is 30.3 Å². The Balaban J connectivity index is 0.00000225. The average Bonchev–Trinajstić information content (AvgIpc) is 2.17. The summed E-state index contributed by atoms with van der Waals surface area (Å²) in [5.41, 5.74) is 6.76. The van der Waals surface area contributed by atoms with E-state index in [1.165, 1.54) is 6.26 Å². The van der Waals surface area contributed by atoms with Gasteiger partial charge < -0.3 is 5.73 Å². The molecule has 0 aliphatic rings. The number of rotatable bonds is 4. The van der Waals surface area contributed by atoms with Crippen molar-refractivity contribution < 1.29 is 8.42 Å². The average molecular weight is 262 g/mol. The summed E-state index contributed by atoms with van der Waals surface area (Å²) in [6, 6.07) is 6.52. The number of halogens is 1. The van der Waals surface area contributed by atoms with Gasteiger partial charge in [0.25, 0.3) is 0 Å². The standard InChI is InChI=1S/C11H15NO2S.ClH/c1-3-4-11(12)9-5-7-10(8-6-9)15(2,13)14;/h3,5-8,11H,1,4,12H2,2H3;1H/t11-;/m0./s1. The lowest BCUT2D eigenvalue weighted by Gasteiger charge is -2.09. The Morgan fingerprint density at radius 3 is 2.25 bits per heavy atom. The largest absolute Gasteiger partial charge is 0.324 e. The van der Waals surface area contributed by atoms with Crippen LogP contribution in [0, 0.1) is 0 Å². The van der Waals surface area contributed by atoms with E-state index in [0.29, 0.717) is 11.3 Å². The van der Waals surface area contributed by atoms with Crippen molar-refractivity contribution in [1.29, 1.82) is 0 Å². The van der Waals surface area contributed by atoms with Gasteiger partial charge in [-0.2, -0.15) is 0 Å². The molecular weight excluding hydrogens is 246 g/mol. The van der Waals surface area contributed by atoms with Crippen LogP contribution in [0.1, 0.15) is 18.0 Å². The van der Waals surface area contributed by atoms with Gasteiger partial charge >= 0.3 is 0 Å². The van der Waals surface area contributed by atoms with Crippen molar-refractivity contribution in [2.75, 3.05) is 6.26 Å². The van der Waals surface area contributed by atoms with Gasteiger partial charge in [-0.05, 0) is 24.1 Å². The van der Waals surface area contributed by atoms with Crippen LogP contribution in [0.5, 0.6) is 0 Å². The predicted octanol–water partition coefficient (Wildman–Crippen LogP) is 2.09. The maximum atomic E-state index is 11.2. The molecule has 0 saturated heterocycles. The fourth-order valence-corrected chi connectivity index (χ4v) is 1.91. The summed E-state index contributed by atoms with van der Waals surface area (Å²) < 4.78 is 22.4. The van der Waals surface area contributed by atoms with Crippen molar-refractivity contribution in [3.05, 3.63) is 42.5 Å². The van der Waals surface area contributed by atoms with Gasteiger partial charge in [-0.3, -0.25) is 0 Å². The fourth-order valence-electron chi connectivity index (χ4n) is 1.28. The lowest BCUT2D eigenvalue weighted by atomic mass is 10.1. The second-order valence-electron chi connectivity index (χ2n) is 3.47. The van der Waals surface area contributed by atoms with E-state index in [2.05, 4.69) is 6.58 Å². The van der Waals surface area contributed by atoms with E-state index in [0.717, 1.165) is 5.56 Å². The number of benzene rings is 1. The van der Waals surface area contributed by atoms with Gasteiger partial charge in [-0.25, -0.2) is 8.42 Å². The topological polar surface area (TPSA) is 60.2 Å². The minimum absolute atomic E-state index is 0. The van der Waals surface area contributed by atoms with Crippen LogP contribution in [0.2, 0.25) is 0 Å². The van der Waals surface area contributed by atoms with Gasteiger partial charge in [-0.15, -0.1) is 19.0 Å². The third-order valence-electron chi connectivity index (χ3n) is 2.16.